The number of carbonyl (C=O) groups is 1. The maximum atomic E-state index is 13.6. The summed E-state index contributed by atoms with van der Waals surface area (Å²) in [5.74, 6) is -1.26. The van der Waals surface area contributed by atoms with E-state index in [9.17, 15) is 28.4 Å². The Morgan fingerprint density at radius 2 is 1.90 bits per heavy atom. The van der Waals surface area contributed by atoms with Crippen molar-refractivity contribution in [3.63, 3.8) is 0 Å². The Labute approximate surface area is 234 Å². The van der Waals surface area contributed by atoms with Gasteiger partial charge in [0.2, 0.25) is 15.9 Å². The molecule has 1 amide bonds. The first-order valence-electron chi connectivity index (χ1n) is 13.2. The minimum atomic E-state index is -4.19. The van der Waals surface area contributed by atoms with Crippen molar-refractivity contribution in [2.75, 3.05) is 19.7 Å². The number of amides is 1. The van der Waals surface area contributed by atoms with Crippen LogP contribution in [0.1, 0.15) is 57.1 Å². The largest absolute Gasteiger partial charge is 0.394 e. The molecule has 1 heterocycles. The topological polar surface area (TPSA) is 183 Å². The van der Waals surface area contributed by atoms with Crippen LogP contribution in [-0.2, 0) is 20.2 Å². The molecule has 1 aliphatic heterocycles. The van der Waals surface area contributed by atoms with Crippen molar-refractivity contribution < 1.29 is 23.4 Å². The summed E-state index contributed by atoms with van der Waals surface area (Å²) in [5.41, 5.74) is 6.57. The highest BCUT2D eigenvalue weighted by atomic mass is 32.2. The third kappa shape index (κ3) is 7.34. The summed E-state index contributed by atoms with van der Waals surface area (Å²) in [6.45, 7) is 3.83. The number of hydrogen-bond donors (Lipinski definition) is 4. The second-order valence-corrected chi connectivity index (χ2v) is 12.2. The minimum absolute atomic E-state index is 0.0121. The zero-order valence-corrected chi connectivity index (χ0v) is 23.6. The average molecular weight is 575 g/mol. The van der Waals surface area contributed by atoms with E-state index in [1.54, 1.807) is 12.1 Å². The number of rotatable bonds is 12. The zero-order valence-electron chi connectivity index (χ0n) is 22.8. The van der Waals surface area contributed by atoms with Crippen molar-refractivity contribution in [1.82, 2.24) is 14.6 Å². The Balaban J connectivity index is 1.89. The van der Waals surface area contributed by atoms with E-state index in [1.165, 1.54) is 11.0 Å². The predicted molar refractivity (Wildman–Crippen MR) is 150 cm³/mol. The number of carbonyl (C=O) groups excluding carboxylic acids is 1. The maximum Gasteiger partial charge on any atom is 0.251 e. The molecule has 1 saturated heterocycles. The van der Waals surface area contributed by atoms with Crippen LogP contribution in [0.2, 0.25) is 0 Å². The fourth-order valence-corrected chi connectivity index (χ4v) is 6.25. The van der Waals surface area contributed by atoms with Gasteiger partial charge in [-0.05, 0) is 55.4 Å². The Morgan fingerprint density at radius 3 is 2.52 bits per heavy atom. The summed E-state index contributed by atoms with van der Waals surface area (Å²) in [6, 6.07) is 14.6. The van der Waals surface area contributed by atoms with Gasteiger partial charge >= 0.3 is 0 Å². The van der Waals surface area contributed by atoms with E-state index in [0.717, 1.165) is 24.0 Å². The number of hydrazine groups is 1. The molecule has 1 aliphatic rings. The minimum Gasteiger partial charge on any atom is -0.394 e. The van der Waals surface area contributed by atoms with Crippen molar-refractivity contribution >= 4 is 21.9 Å². The van der Waals surface area contributed by atoms with Crippen LogP contribution >= 0.6 is 0 Å². The SMILES string of the molecule is CC(C)(c1ccccc1)c1cccc(S(=O)(=O)NC(CCCN(C(=N)N)[N+](=O)[O-])C(=O)N2CCCCC2CO)c1. The van der Waals surface area contributed by atoms with Crippen LogP contribution in [0.15, 0.2) is 59.5 Å². The summed E-state index contributed by atoms with van der Waals surface area (Å²) in [6.07, 6.45) is 2.10. The maximum absolute atomic E-state index is 13.6. The molecule has 40 heavy (non-hydrogen) atoms. The third-order valence-electron chi connectivity index (χ3n) is 7.42. The molecule has 5 N–H and O–H groups in total. The van der Waals surface area contributed by atoms with E-state index in [-0.39, 0.29) is 30.9 Å². The normalized spacial score (nSPS) is 16.8. The second-order valence-electron chi connectivity index (χ2n) is 10.4. The zero-order chi connectivity index (χ0) is 29.5. The lowest BCUT2D eigenvalue weighted by atomic mass is 9.78. The highest BCUT2D eigenvalue weighted by Gasteiger charge is 2.34. The molecule has 13 heteroatoms. The number of nitrogens with two attached hydrogens (primary N) is 1. The lowest BCUT2D eigenvalue weighted by Crippen LogP contribution is -2.54. The molecular formula is C27H38N6O6S. The van der Waals surface area contributed by atoms with Gasteiger partial charge in [-0.1, -0.05) is 61.3 Å². The summed E-state index contributed by atoms with van der Waals surface area (Å²) in [5, 5.41) is 28.0. The number of piperidine rings is 1. The van der Waals surface area contributed by atoms with E-state index < -0.39 is 44.4 Å². The molecule has 0 radical (unpaired) electrons. The molecule has 12 nitrogen and oxygen atoms in total. The molecule has 2 aromatic carbocycles. The number of likely N-dealkylation sites (tertiary alicyclic amines) is 1. The first-order valence-corrected chi connectivity index (χ1v) is 14.7. The highest BCUT2D eigenvalue weighted by molar-refractivity contribution is 7.89. The van der Waals surface area contributed by atoms with Crippen LogP contribution in [0.3, 0.4) is 0 Å². The fraction of sp³-hybridized carbons (Fsp3) is 0.481. The second kappa shape index (κ2) is 13.2. The first-order chi connectivity index (χ1) is 18.9. The van der Waals surface area contributed by atoms with Crippen molar-refractivity contribution in [1.29, 1.82) is 5.41 Å². The Bertz CT molecular complexity index is 1290. The molecule has 3 rings (SSSR count). The Hall–Kier alpha value is -3.55. The van der Waals surface area contributed by atoms with Gasteiger partial charge in [-0.2, -0.15) is 4.72 Å². The van der Waals surface area contributed by atoms with Crippen LogP contribution < -0.4 is 10.5 Å². The van der Waals surface area contributed by atoms with Gasteiger partial charge in [-0.15, -0.1) is 0 Å². The number of nitrogens with zero attached hydrogens (tertiary/aromatic N) is 3. The van der Waals surface area contributed by atoms with E-state index in [2.05, 4.69) is 4.72 Å². The molecule has 2 unspecified atom stereocenters. The summed E-state index contributed by atoms with van der Waals surface area (Å²) in [4.78, 5) is 26.3. The van der Waals surface area contributed by atoms with Crippen molar-refractivity contribution in [3.05, 3.63) is 75.8 Å². The van der Waals surface area contributed by atoms with E-state index in [4.69, 9.17) is 11.1 Å². The van der Waals surface area contributed by atoms with Crippen LogP contribution in [0.5, 0.6) is 0 Å². The number of benzene rings is 2. The molecule has 2 atom stereocenters. The molecular weight excluding hydrogens is 536 g/mol. The number of aliphatic hydroxyl groups is 1. The van der Waals surface area contributed by atoms with Gasteiger partial charge in [-0.25, -0.2) is 18.5 Å². The van der Waals surface area contributed by atoms with E-state index >= 15 is 0 Å². The molecule has 0 saturated carbocycles. The highest BCUT2D eigenvalue weighted by Crippen LogP contribution is 2.32. The van der Waals surface area contributed by atoms with E-state index in [1.807, 2.05) is 50.2 Å². The number of nitrogens with one attached hydrogen (secondary N) is 2. The third-order valence-corrected chi connectivity index (χ3v) is 8.89. The Morgan fingerprint density at radius 1 is 1.23 bits per heavy atom. The smallest absolute Gasteiger partial charge is 0.251 e. The first kappa shape index (κ1) is 31.0. The summed E-state index contributed by atoms with van der Waals surface area (Å²) < 4.78 is 29.7. The molecule has 1 fully saturated rings. The van der Waals surface area contributed by atoms with Crippen molar-refractivity contribution in [3.8, 4) is 0 Å². The van der Waals surface area contributed by atoms with Gasteiger partial charge in [0, 0.05) is 12.0 Å². The number of aliphatic hydroxyl groups excluding tert-OH is 1. The number of hydrogen-bond acceptors (Lipinski definition) is 7. The Kier molecular flexibility index (Phi) is 10.2. The predicted octanol–water partition coefficient (Wildman–Crippen LogP) is 2.20. The quantitative estimate of drug-likeness (QED) is 0.129. The van der Waals surface area contributed by atoms with Gasteiger partial charge in [0.15, 0.2) is 5.03 Å². The molecule has 0 aliphatic carbocycles. The summed E-state index contributed by atoms with van der Waals surface area (Å²) >= 11 is 0. The number of sulfonamides is 1. The van der Waals surface area contributed by atoms with Gasteiger partial charge in [-0.3, -0.25) is 10.2 Å². The lowest BCUT2D eigenvalue weighted by Gasteiger charge is -2.37. The van der Waals surface area contributed by atoms with Crippen LogP contribution in [0.4, 0.5) is 0 Å². The monoisotopic (exact) mass is 574 g/mol. The van der Waals surface area contributed by atoms with Crippen LogP contribution in [-0.4, -0.2) is 72.1 Å². The molecule has 0 spiro atoms. The average Bonchev–Trinajstić information content (AvgIpc) is 2.94. The van der Waals surface area contributed by atoms with Gasteiger partial charge < -0.3 is 15.7 Å². The van der Waals surface area contributed by atoms with Gasteiger partial charge in [0.05, 0.1) is 24.1 Å². The van der Waals surface area contributed by atoms with Crippen LogP contribution in [0, 0.1) is 15.5 Å². The molecule has 2 aromatic rings. The molecule has 0 aromatic heterocycles. The van der Waals surface area contributed by atoms with Crippen molar-refractivity contribution in [2.45, 2.75) is 68.3 Å². The van der Waals surface area contributed by atoms with Crippen molar-refractivity contribution in [2.24, 2.45) is 5.73 Å². The fourth-order valence-electron chi connectivity index (χ4n) is 4.98. The molecule has 218 valence electrons. The van der Waals surface area contributed by atoms with Crippen LogP contribution in [0.25, 0.3) is 0 Å². The lowest BCUT2D eigenvalue weighted by molar-refractivity contribution is -0.629. The number of guanidine groups is 1. The van der Waals surface area contributed by atoms with E-state index in [0.29, 0.717) is 18.0 Å². The molecule has 0 bridgehead atoms. The summed E-state index contributed by atoms with van der Waals surface area (Å²) in [7, 11) is -4.19. The van der Waals surface area contributed by atoms with Gasteiger partial charge in [0.1, 0.15) is 6.04 Å². The number of nitro groups is 1. The standard InChI is InChI=1S/C27H38N6O6S/c1-27(2,20-10-4-3-5-11-20)21-12-8-14-23(18-21)40(38,39)30-24(15-9-17-32(26(28)29)33(36)37)25(35)31-16-7-6-13-22(31)19-34/h3-5,8,10-12,14,18,22,24,30,34H,6-7,9,13,15-17,19H2,1-2H3,(H3,28,29). The van der Waals surface area contributed by atoms with Gasteiger partial charge in [0.25, 0.3) is 5.96 Å².